The van der Waals surface area contributed by atoms with Crippen molar-refractivity contribution in [2.75, 3.05) is 12.0 Å². The Morgan fingerprint density at radius 3 is 2.47 bits per heavy atom. The van der Waals surface area contributed by atoms with Crippen molar-refractivity contribution in [2.45, 2.75) is 19.9 Å². The van der Waals surface area contributed by atoms with Crippen LogP contribution in [0, 0.1) is 13.8 Å². The van der Waals surface area contributed by atoms with E-state index >= 15 is 0 Å². The van der Waals surface area contributed by atoms with Gasteiger partial charge in [-0.1, -0.05) is 65.9 Å². The summed E-state index contributed by atoms with van der Waals surface area (Å²) in [6.45, 7) is 3.98. The molecular weight excluding hydrogens is 448 g/mol. The van der Waals surface area contributed by atoms with Crippen molar-refractivity contribution in [3.05, 3.63) is 94.6 Å². The fourth-order valence-electron chi connectivity index (χ4n) is 4.43. The zero-order valence-corrected chi connectivity index (χ0v) is 19.7. The summed E-state index contributed by atoms with van der Waals surface area (Å²) in [6, 6.07) is 19.1. The second kappa shape index (κ2) is 8.43. The van der Waals surface area contributed by atoms with Gasteiger partial charge in [-0.25, -0.2) is 4.98 Å². The monoisotopic (exact) mass is 470 g/mol. The van der Waals surface area contributed by atoms with E-state index in [1.807, 2.05) is 44.2 Å². The Bertz CT molecular complexity index is 1470. The second-order valence-electron chi connectivity index (χ2n) is 8.20. The molecule has 1 aliphatic rings. The van der Waals surface area contributed by atoms with E-state index in [1.54, 1.807) is 36.4 Å². The Balaban J connectivity index is 1.78. The molecule has 3 aromatic carbocycles. The van der Waals surface area contributed by atoms with Gasteiger partial charge in [0.15, 0.2) is 5.13 Å². The normalized spacial score (nSPS) is 17.5. The number of rotatable bonds is 4. The highest BCUT2D eigenvalue weighted by Gasteiger charge is 2.49. The fraction of sp³-hybridized carbons (Fsp3) is 0.148. The largest absolute Gasteiger partial charge is 0.507 e. The third-order valence-electron chi connectivity index (χ3n) is 5.95. The quantitative estimate of drug-likeness (QED) is 0.240. The number of anilines is 1. The molecule has 0 radical (unpaired) electrons. The minimum atomic E-state index is -0.890. The molecule has 1 atom stereocenters. The first-order valence-corrected chi connectivity index (χ1v) is 11.6. The lowest BCUT2D eigenvalue weighted by Crippen LogP contribution is -2.29. The molecule has 0 bridgehead atoms. The van der Waals surface area contributed by atoms with Gasteiger partial charge < -0.3 is 9.84 Å². The van der Waals surface area contributed by atoms with Gasteiger partial charge in [0.1, 0.15) is 17.6 Å². The van der Waals surface area contributed by atoms with Crippen LogP contribution in [-0.4, -0.2) is 28.9 Å². The third-order valence-corrected chi connectivity index (χ3v) is 6.95. The minimum Gasteiger partial charge on any atom is -0.507 e. The topological polar surface area (TPSA) is 79.7 Å². The number of thiazole rings is 1. The number of Topliss-reactive ketones (excluding diaryl/α,β-unsaturated/α-hetero) is 1. The maximum absolute atomic E-state index is 13.4. The van der Waals surface area contributed by atoms with E-state index in [1.165, 1.54) is 23.3 Å². The Hall–Kier alpha value is -3.97. The van der Waals surface area contributed by atoms with Gasteiger partial charge in [0.2, 0.25) is 0 Å². The molecule has 7 heteroatoms. The predicted octanol–water partition coefficient (Wildman–Crippen LogP) is 5.55. The number of hydrogen-bond donors (Lipinski definition) is 1. The van der Waals surface area contributed by atoms with Crippen LogP contribution in [0.1, 0.15) is 28.3 Å². The number of aliphatic hydroxyl groups excluding tert-OH is 1. The molecule has 0 spiro atoms. The zero-order valence-electron chi connectivity index (χ0n) is 18.9. The standard InChI is InChI=1S/C27H22N2O4S/c1-15-13-16(2)22-20(14-15)34-27(28-22)29-23(18-11-7-8-12-19(18)33-3)21(25(31)26(29)32)24(30)17-9-5-4-6-10-17/h4-14,23,30H,1-3H3/b24-21+/t23-/m1/s1. The highest BCUT2D eigenvalue weighted by molar-refractivity contribution is 7.22. The van der Waals surface area contributed by atoms with E-state index in [9.17, 15) is 14.7 Å². The zero-order chi connectivity index (χ0) is 24.0. The number of para-hydroxylation sites is 1. The summed E-state index contributed by atoms with van der Waals surface area (Å²) in [5.41, 5.74) is 3.92. The van der Waals surface area contributed by atoms with Crippen LogP contribution in [0.4, 0.5) is 5.13 Å². The second-order valence-corrected chi connectivity index (χ2v) is 9.21. The van der Waals surface area contributed by atoms with Crippen molar-refractivity contribution < 1.29 is 19.4 Å². The summed E-state index contributed by atoms with van der Waals surface area (Å²) in [4.78, 5) is 32.9. The van der Waals surface area contributed by atoms with Crippen molar-refractivity contribution in [1.29, 1.82) is 0 Å². The van der Waals surface area contributed by atoms with Crippen LogP contribution in [-0.2, 0) is 9.59 Å². The number of nitrogens with zero attached hydrogens (tertiary/aromatic N) is 2. The number of ketones is 1. The lowest BCUT2D eigenvalue weighted by Gasteiger charge is -2.24. The van der Waals surface area contributed by atoms with Gasteiger partial charge in [-0.15, -0.1) is 0 Å². The maximum atomic E-state index is 13.4. The lowest BCUT2D eigenvalue weighted by atomic mass is 9.95. The first-order valence-electron chi connectivity index (χ1n) is 10.8. The number of carbonyl (C=O) groups excluding carboxylic acids is 2. The van der Waals surface area contributed by atoms with Gasteiger partial charge in [0.25, 0.3) is 5.78 Å². The SMILES string of the molecule is COc1ccccc1[C@@H]1/C(=C(\O)c2ccccc2)C(=O)C(=O)N1c1nc2c(C)cc(C)cc2s1. The Morgan fingerprint density at radius 2 is 1.74 bits per heavy atom. The molecule has 1 aromatic heterocycles. The Kier molecular flexibility index (Phi) is 5.42. The van der Waals surface area contributed by atoms with E-state index in [0.717, 1.165) is 21.3 Å². The smallest absolute Gasteiger partial charge is 0.301 e. The number of hydrogen-bond acceptors (Lipinski definition) is 6. The molecule has 6 nitrogen and oxygen atoms in total. The number of aliphatic hydroxyl groups is 1. The summed E-state index contributed by atoms with van der Waals surface area (Å²) < 4.78 is 6.50. The van der Waals surface area contributed by atoms with Crippen molar-refractivity contribution in [3.63, 3.8) is 0 Å². The number of fused-ring (bicyclic) bond motifs is 1. The van der Waals surface area contributed by atoms with E-state index in [-0.39, 0.29) is 11.3 Å². The average Bonchev–Trinajstić information content (AvgIpc) is 3.37. The maximum Gasteiger partial charge on any atom is 0.301 e. The van der Waals surface area contributed by atoms with Crippen LogP contribution in [0.5, 0.6) is 5.75 Å². The number of aromatic nitrogens is 1. The molecule has 0 unspecified atom stereocenters. The molecular formula is C27H22N2O4S. The van der Waals surface area contributed by atoms with Crippen LogP contribution >= 0.6 is 11.3 Å². The summed E-state index contributed by atoms with van der Waals surface area (Å²) in [5, 5.41) is 11.6. The van der Waals surface area contributed by atoms with Crippen LogP contribution in [0.15, 0.2) is 72.3 Å². The summed E-state index contributed by atoms with van der Waals surface area (Å²) in [5.74, 6) is -1.22. The molecule has 1 saturated heterocycles. The number of benzene rings is 3. The number of amides is 1. The Morgan fingerprint density at radius 1 is 1.03 bits per heavy atom. The van der Waals surface area contributed by atoms with Crippen LogP contribution < -0.4 is 9.64 Å². The molecule has 4 aromatic rings. The molecule has 0 aliphatic carbocycles. The van der Waals surface area contributed by atoms with Crippen molar-refractivity contribution in [1.82, 2.24) is 4.98 Å². The molecule has 1 fully saturated rings. The van der Waals surface area contributed by atoms with Gasteiger partial charge in [0, 0.05) is 11.1 Å². The molecule has 0 saturated carbocycles. The summed E-state index contributed by atoms with van der Waals surface area (Å²) in [7, 11) is 1.53. The van der Waals surface area contributed by atoms with Crippen LogP contribution in [0.3, 0.4) is 0 Å². The molecule has 1 amide bonds. The molecule has 1 aliphatic heterocycles. The van der Waals surface area contributed by atoms with Gasteiger partial charge in [-0.05, 0) is 37.1 Å². The van der Waals surface area contributed by atoms with Gasteiger partial charge in [0.05, 0.1) is 22.9 Å². The molecule has 34 heavy (non-hydrogen) atoms. The first kappa shape index (κ1) is 21.9. The fourth-order valence-corrected chi connectivity index (χ4v) is 5.60. The highest BCUT2D eigenvalue weighted by atomic mass is 32.1. The molecule has 2 heterocycles. The highest BCUT2D eigenvalue weighted by Crippen LogP contribution is 2.46. The van der Waals surface area contributed by atoms with Gasteiger partial charge in [-0.2, -0.15) is 0 Å². The van der Waals surface area contributed by atoms with E-state index in [2.05, 4.69) is 0 Å². The van der Waals surface area contributed by atoms with Crippen molar-refractivity contribution >= 4 is 44.1 Å². The summed E-state index contributed by atoms with van der Waals surface area (Å²) in [6.07, 6.45) is 0. The lowest BCUT2D eigenvalue weighted by molar-refractivity contribution is -0.132. The van der Waals surface area contributed by atoms with Gasteiger partial charge >= 0.3 is 5.91 Å². The number of aryl methyl sites for hydroxylation is 2. The van der Waals surface area contributed by atoms with Crippen LogP contribution in [0.25, 0.3) is 16.0 Å². The van der Waals surface area contributed by atoms with E-state index in [0.29, 0.717) is 22.0 Å². The molecule has 1 N–H and O–H groups in total. The summed E-state index contributed by atoms with van der Waals surface area (Å²) >= 11 is 1.35. The minimum absolute atomic E-state index is 0.00728. The first-order chi connectivity index (χ1) is 16.4. The third kappa shape index (κ3) is 3.45. The number of methoxy groups -OCH3 is 1. The number of carbonyl (C=O) groups is 2. The average molecular weight is 471 g/mol. The van der Waals surface area contributed by atoms with Crippen LogP contribution in [0.2, 0.25) is 0 Å². The molecule has 5 rings (SSSR count). The number of ether oxygens (including phenoxy) is 1. The predicted molar refractivity (Wildman–Crippen MR) is 133 cm³/mol. The van der Waals surface area contributed by atoms with E-state index < -0.39 is 17.7 Å². The Labute approximate surface area is 200 Å². The van der Waals surface area contributed by atoms with Crippen molar-refractivity contribution in [3.8, 4) is 5.75 Å². The van der Waals surface area contributed by atoms with Crippen molar-refractivity contribution in [2.24, 2.45) is 0 Å². The molecule has 170 valence electrons. The van der Waals surface area contributed by atoms with Gasteiger partial charge in [-0.3, -0.25) is 14.5 Å². The van der Waals surface area contributed by atoms with E-state index in [4.69, 9.17) is 9.72 Å².